The highest BCUT2D eigenvalue weighted by Crippen LogP contribution is 2.36. The molecule has 1 aromatic carbocycles. The molecule has 26 heavy (non-hydrogen) atoms. The number of carbonyl (C=O) groups excluding carboxylic acids is 1. The molecule has 1 aliphatic rings. The second-order valence-electron chi connectivity index (χ2n) is 8.56. The highest BCUT2D eigenvalue weighted by Gasteiger charge is 2.51. The van der Waals surface area contributed by atoms with Gasteiger partial charge in [0.15, 0.2) is 0 Å². The van der Waals surface area contributed by atoms with Gasteiger partial charge in [0.2, 0.25) is 0 Å². The summed E-state index contributed by atoms with van der Waals surface area (Å²) in [5.41, 5.74) is -0.983. The number of nitrogens with zero attached hydrogens (tertiary/aromatic N) is 2. The maximum absolute atomic E-state index is 14.6. The average molecular weight is 362 g/mol. The van der Waals surface area contributed by atoms with Gasteiger partial charge in [0, 0.05) is 0 Å². The predicted octanol–water partition coefficient (Wildman–Crippen LogP) is 3.26. The molecule has 0 N–H and O–H groups in total. The Balaban J connectivity index is 2.02. The summed E-state index contributed by atoms with van der Waals surface area (Å²) < 4.78 is 32.9. The van der Waals surface area contributed by atoms with E-state index in [1.807, 2.05) is 27.7 Å². The number of fused-ring (bicyclic) bond motifs is 1. The largest absolute Gasteiger partial charge is 0.495 e. The smallest absolute Gasteiger partial charge is 0.442 e. The van der Waals surface area contributed by atoms with Gasteiger partial charge in [-0.25, -0.2) is 9.18 Å². The molecule has 1 fully saturated rings. The van der Waals surface area contributed by atoms with E-state index in [0.717, 1.165) is 4.68 Å². The number of hydrogen-bond acceptors (Lipinski definition) is 5. The number of aromatic nitrogens is 2. The minimum Gasteiger partial charge on any atom is -0.442 e. The fourth-order valence-corrected chi connectivity index (χ4v) is 2.67. The molecular formula is C18H24BFN2O4. The van der Waals surface area contributed by atoms with Crippen molar-refractivity contribution in [2.24, 2.45) is 0 Å². The number of rotatable bonds is 1. The number of ether oxygens (including phenoxy) is 1. The van der Waals surface area contributed by atoms with Crippen molar-refractivity contribution in [3.8, 4) is 0 Å². The van der Waals surface area contributed by atoms with Gasteiger partial charge in [0.25, 0.3) is 0 Å². The topological polar surface area (TPSA) is 62.6 Å². The zero-order valence-corrected chi connectivity index (χ0v) is 16.2. The maximum atomic E-state index is 14.6. The Labute approximate surface area is 152 Å². The molecule has 8 heteroatoms. The Morgan fingerprint density at radius 2 is 1.77 bits per heavy atom. The van der Waals surface area contributed by atoms with E-state index in [4.69, 9.17) is 14.0 Å². The summed E-state index contributed by atoms with van der Waals surface area (Å²) in [6, 6.07) is 3.00. The van der Waals surface area contributed by atoms with Crippen molar-refractivity contribution in [1.29, 1.82) is 0 Å². The molecule has 0 saturated carbocycles. The molecule has 6 nitrogen and oxygen atoms in total. The normalized spacial score (nSPS) is 19.2. The van der Waals surface area contributed by atoms with Crippen molar-refractivity contribution in [3.05, 3.63) is 24.1 Å². The minimum atomic E-state index is -0.735. The van der Waals surface area contributed by atoms with E-state index in [-0.39, 0.29) is 5.39 Å². The van der Waals surface area contributed by atoms with E-state index in [1.165, 1.54) is 12.3 Å². The van der Waals surface area contributed by atoms with Crippen molar-refractivity contribution >= 4 is 29.6 Å². The lowest BCUT2D eigenvalue weighted by atomic mass is 9.78. The molecule has 2 aromatic rings. The minimum absolute atomic E-state index is 0.233. The molecule has 1 saturated heterocycles. The van der Waals surface area contributed by atoms with Gasteiger partial charge in [-0.1, -0.05) is 0 Å². The van der Waals surface area contributed by atoms with Crippen LogP contribution in [0.5, 0.6) is 0 Å². The van der Waals surface area contributed by atoms with Crippen molar-refractivity contribution in [2.45, 2.75) is 65.3 Å². The lowest BCUT2D eigenvalue weighted by Crippen LogP contribution is -2.41. The van der Waals surface area contributed by atoms with Crippen LogP contribution in [0.1, 0.15) is 48.5 Å². The summed E-state index contributed by atoms with van der Waals surface area (Å²) in [6.45, 7) is 13.0. The Bertz CT molecular complexity index is 854. The molecule has 0 bridgehead atoms. The van der Waals surface area contributed by atoms with Crippen LogP contribution in [0, 0.1) is 5.82 Å². The predicted molar refractivity (Wildman–Crippen MR) is 97.0 cm³/mol. The Morgan fingerprint density at radius 1 is 1.19 bits per heavy atom. The Kier molecular flexibility index (Phi) is 4.20. The summed E-state index contributed by atoms with van der Waals surface area (Å²) in [4.78, 5) is 12.4. The summed E-state index contributed by atoms with van der Waals surface area (Å²) in [6.07, 6.45) is 0.640. The SMILES string of the molecule is CC(C)(C)OC(=O)n1ncc2c(F)cc(B3OC(C)(C)C(C)(C)O3)cc21. The van der Waals surface area contributed by atoms with E-state index < -0.39 is 35.8 Å². The first-order valence-corrected chi connectivity index (χ1v) is 8.57. The summed E-state index contributed by atoms with van der Waals surface area (Å²) in [5, 5.41) is 4.22. The first-order valence-electron chi connectivity index (χ1n) is 8.57. The van der Waals surface area contributed by atoms with Crippen LogP contribution >= 0.6 is 0 Å². The number of hydrogen-bond donors (Lipinski definition) is 0. The summed E-state index contributed by atoms with van der Waals surface area (Å²) in [7, 11) is -0.735. The van der Waals surface area contributed by atoms with Crippen molar-refractivity contribution in [2.75, 3.05) is 0 Å². The van der Waals surface area contributed by atoms with Crippen molar-refractivity contribution in [1.82, 2.24) is 9.78 Å². The van der Waals surface area contributed by atoms with Gasteiger partial charge in [-0.15, -0.1) is 0 Å². The molecule has 140 valence electrons. The number of benzene rings is 1. The van der Waals surface area contributed by atoms with E-state index >= 15 is 0 Å². The quantitative estimate of drug-likeness (QED) is 0.729. The zero-order chi connectivity index (χ0) is 19.5. The molecular weight excluding hydrogens is 338 g/mol. The molecule has 0 radical (unpaired) electrons. The maximum Gasteiger partial charge on any atom is 0.495 e. The molecule has 0 spiro atoms. The molecule has 2 heterocycles. The third kappa shape index (κ3) is 3.23. The van der Waals surface area contributed by atoms with Gasteiger partial charge in [-0.3, -0.25) is 0 Å². The Hall–Kier alpha value is -1.93. The van der Waals surface area contributed by atoms with Crippen LogP contribution in [-0.2, 0) is 14.0 Å². The van der Waals surface area contributed by atoms with Crippen molar-refractivity contribution < 1.29 is 23.2 Å². The van der Waals surface area contributed by atoms with Crippen LogP contribution in [0.2, 0.25) is 0 Å². The second-order valence-corrected chi connectivity index (χ2v) is 8.56. The van der Waals surface area contributed by atoms with Gasteiger partial charge in [-0.2, -0.15) is 9.78 Å². The summed E-state index contributed by atoms with van der Waals surface area (Å²) >= 11 is 0. The molecule has 3 rings (SSSR count). The second kappa shape index (κ2) is 5.79. The molecule has 0 amide bonds. The fraction of sp³-hybridized carbons (Fsp3) is 0.556. The van der Waals surface area contributed by atoms with Crippen LogP contribution in [0.4, 0.5) is 9.18 Å². The van der Waals surface area contributed by atoms with E-state index in [1.54, 1.807) is 26.8 Å². The molecule has 0 atom stereocenters. The van der Waals surface area contributed by atoms with E-state index in [2.05, 4.69) is 5.10 Å². The van der Waals surface area contributed by atoms with Gasteiger partial charge < -0.3 is 14.0 Å². The monoisotopic (exact) mass is 362 g/mol. The lowest BCUT2D eigenvalue weighted by molar-refractivity contribution is 0.00578. The zero-order valence-electron chi connectivity index (χ0n) is 16.2. The third-order valence-electron chi connectivity index (χ3n) is 4.75. The van der Waals surface area contributed by atoms with E-state index in [0.29, 0.717) is 11.0 Å². The molecule has 0 aliphatic carbocycles. The number of halogens is 1. The van der Waals surface area contributed by atoms with Crippen LogP contribution in [-0.4, -0.2) is 39.8 Å². The van der Waals surface area contributed by atoms with Gasteiger partial charge >= 0.3 is 13.2 Å². The molecule has 1 aliphatic heterocycles. The summed E-state index contributed by atoms with van der Waals surface area (Å²) in [5.74, 6) is -0.498. The van der Waals surface area contributed by atoms with Crippen LogP contribution in [0.3, 0.4) is 0 Å². The van der Waals surface area contributed by atoms with Crippen molar-refractivity contribution in [3.63, 3.8) is 0 Å². The van der Waals surface area contributed by atoms with Gasteiger partial charge in [0.05, 0.1) is 28.3 Å². The van der Waals surface area contributed by atoms with E-state index in [9.17, 15) is 9.18 Å². The molecule has 1 aromatic heterocycles. The molecule has 0 unspecified atom stereocenters. The standard InChI is InChI=1S/C18H24BFN2O4/c1-16(2,3)24-15(23)22-14-9-11(8-13(20)12(14)10-21-22)19-25-17(4,5)18(6,7)26-19/h8-10H,1-7H3. The lowest BCUT2D eigenvalue weighted by Gasteiger charge is -2.32. The fourth-order valence-electron chi connectivity index (χ4n) is 2.67. The highest BCUT2D eigenvalue weighted by atomic mass is 19.1. The highest BCUT2D eigenvalue weighted by molar-refractivity contribution is 6.62. The number of carbonyl (C=O) groups is 1. The van der Waals surface area contributed by atoms with Crippen LogP contribution in [0.25, 0.3) is 10.9 Å². The Morgan fingerprint density at radius 3 is 2.31 bits per heavy atom. The van der Waals surface area contributed by atoms with Crippen LogP contribution < -0.4 is 5.46 Å². The first-order chi connectivity index (χ1) is 11.8. The van der Waals surface area contributed by atoms with Crippen LogP contribution in [0.15, 0.2) is 18.3 Å². The van der Waals surface area contributed by atoms with Gasteiger partial charge in [0.1, 0.15) is 11.4 Å². The van der Waals surface area contributed by atoms with Gasteiger partial charge in [-0.05, 0) is 66.1 Å². The average Bonchev–Trinajstić information content (AvgIpc) is 2.96. The third-order valence-corrected chi connectivity index (χ3v) is 4.75. The first kappa shape index (κ1) is 18.9.